The average Bonchev–Trinajstić information content (AvgIpc) is 2.20. The van der Waals surface area contributed by atoms with E-state index in [0.717, 1.165) is 6.07 Å². The van der Waals surface area contributed by atoms with E-state index in [-0.39, 0.29) is 6.04 Å². The Bertz CT molecular complexity index is 368. The van der Waals surface area contributed by atoms with E-state index < -0.39 is 16.4 Å². The van der Waals surface area contributed by atoms with Gasteiger partial charge >= 0.3 is 5.69 Å². The van der Waals surface area contributed by atoms with Gasteiger partial charge in [-0.2, -0.15) is 4.39 Å². The largest absolute Gasteiger partial charge is 0.327 e. The molecule has 82 valence electrons. The molecule has 0 aromatic heterocycles. The monoisotopic (exact) mass is 212 g/mol. The van der Waals surface area contributed by atoms with Crippen LogP contribution in [0.2, 0.25) is 0 Å². The van der Waals surface area contributed by atoms with Gasteiger partial charge in [-0.3, -0.25) is 10.1 Å². The van der Waals surface area contributed by atoms with Gasteiger partial charge in [-0.05, 0) is 18.4 Å². The summed E-state index contributed by atoms with van der Waals surface area (Å²) >= 11 is 0. The number of hydrogen-bond acceptors (Lipinski definition) is 3. The Kier molecular flexibility index (Phi) is 3.74. The van der Waals surface area contributed by atoms with Crippen molar-refractivity contribution in [2.24, 2.45) is 5.73 Å². The van der Waals surface area contributed by atoms with Crippen molar-refractivity contribution in [2.75, 3.05) is 0 Å². The number of hydrogen-bond donors (Lipinski definition) is 1. The second-order valence-electron chi connectivity index (χ2n) is 3.38. The summed E-state index contributed by atoms with van der Waals surface area (Å²) in [7, 11) is 0. The third kappa shape index (κ3) is 2.73. The number of nitrogens with two attached hydrogens (primary N) is 1. The van der Waals surface area contributed by atoms with Gasteiger partial charge in [0, 0.05) is 12.1 Å². The Morgan fingerprint density at radius 3 is 2.80 bits per heavy atom. The van der Waals surface area contributed by atoms with Gasteiger partial charge in [0.1, 0.15) is 0 Å². The highest BCUT2D eigenvalue weighted by Crippen LogP contribution is 2.21. The molecule has 5 heteroatoms. The van der Waals surface area contributed by atoms with Crippen molar-refractivity contribution in [1.82, 2.24) is 0 Å². The summed E-state index contributed by atoms with van der Waals surface area (Å²) < 4.78 is 13.5. The van der Waals surface area contributed by atoms with Crippen LogP contribution >= 0.6 is 0 Å². The lowest BCUT2D eigenvalue weighted by atomic mass is 10.0. The molecular formula is C10H13FN2O2. The molecule has 0 aliphatic heterocycles. The summed E-state index contributed by atoms with van der Waals surface area (Å²) in [5.41, 5.74) is 5.48. The maximum atomic E-state index is 13.5. The fourth-order valence-corrected chi connectivity index (χ4v) is 1.29. The number of nitrogens with zero attached hydrogens (tertiary/aromatic N) is 1. The maximum absolute atomic E-state index is 13.5. The molecule has 0 aliphatic rings. The molecule has 0 amide bonds. The van der Waals surface area contributed by atoms with Crippen LogP contribution in [0.1, 0.15) is 18.9 Å². The number of nitro benzene ring substituents is 1. The lowest BCUT2D eigenvalue weighted by Crippen LogP contribution is -2.22. The minimum Gasteiger partial charge on any atom is -0.327 e. The zero-order valence-electron chi connectivity index (χ0n) is 8.44. The fraction of sp³-hybridized carbons (Fsp3) is 0.400. The summed E-state index contributed by atoms with van der Waals surface area (Å²) in [6.07, 6.45) is 1.03. The lowest BCUT2D eigenvalue weighted by molar-refractivity contribution is -0.387. The van der Waals surface area contributed by atoms with E-state index in [1.165, 1.54) is 12.1 Å². The maximum Gasteiger partial charge on any atom is 0.305 e. The van der Waals surface area contributed by atoms with Gasteiger partial charge in [0.2, 0.25) is 5.82 Å². The molecule has 15 heavy (non-hydrogen) atoms. The van der Waals surface area contributed by atoms with E-state index in [0.29, 0.717) is 18.4 Å². The van der Waals surface area contributed by atoms with Crippen LogP contribution in [-0.4, -0.2) is 11.0 Å². The van der Waals surface area contributed by atoms with Crippen LogP contribution in [0.3, 0.4) is 0 Å². The molecule has 0 bridgehead atoms. The van der Waals surface area contributed by atoms with Crippen molar-refractivity contribution in [1.29, 1.82) is 0 Å². The zero-order chi connectivity index (χ0) is 11.4. The highest BCUT2D eigenvalue weighted by molar-refractivity contribution is 5.37. The highest BCUT2D eigenvalue weighted by Gasteiger charge is 2.17. The van der Waals surface area contributed by atoms with Crippen molar-refractivity contribution in [2.45, 2.75) is 25.8 Å². The van der Waals surface area contributed by atoms with Crippen LogP contribution in [0.15, 0.2) is 18.2 Å². The first kappa shape index (κ1) is 11.6. The minimum atomic E-state index is -0.772. The smallest absolute Gasteiger partial charge is 0.305 e. The van der Waals surface area contributed by atoms with Crippen LogP contribution in [0.5, 0.6) is 0 Å². The molecule has 1 aromatic rings. The van der Waals surface area contributed by atoms with Crippen molar-refractivity contribution in [3.63, 3.8) is 0 Å². The Hall–Kier alpha value is -1.49. The van der Waals surface area contributed by atoms with Gasteiger partial charge < -0.3 is 5.73 Å². The van der Waals surface area contributed by atoms with E-state index in [4.69, 9.17) is 5.73 Å². The lowest BCUT2D eigenvalue weighted by Gasteiger charge is -2.09. The van der Waals surface area contributed by atoms with Gasteiger partial charge in [0.25, 0.3) is 0 Å². The molecule has 2 N–H and O–H groups in total. The first-order valence-corrected chi connectivity index (χ1v) is 4.73. The molecule has 1 unspecified atom stereocenters. The van der Waals surface area contributed by atoms with Gasteiger partial charge in [0.05, 0.1) is 4.92 Å². The average molecular weight is 212 g/mol. The fourth-order valence-electron chi connectivity index (χ4n) is 1.29. The van der Waals surface area contributed by atoms with Crippen molar-refractivity contribution < 1.29 is 9.31 Å². The summed E-state index contributed by atoms with van der Waals surface area (Å²) in [5, 5.41) is 10.5. The van der Waals surface area contributed by atoms with Crippen molar-refractivity contribution in [3.8, 4) is 0 Å². The quantitative estimate of drug-likeness (QED) is 0.613. The van der Waals surface area contributed by atoms with Gasteiger partial charge in [0.15, 0.2) is 0 Å². The van der Waals surface area contributed by atoms with E-state index in [9.17, 15) is 14.5 Å². The second kappa shape index (κ2) is 4.84. The van der Waals surface area contributed by atoms with Crippen LogP contribution in [0.25, 0.3) is 0 Å². The standard InChI is InChI=1S/C10H13FN2O2/c1-2-8(12)6-7-4-3-5-9(10(7)11)13(14)15/h3-5,8H,2,6,12H2,1H3. The summed E-state index contributed by atoms with van der Waals surface area (Å²) in [4.78, 5) is 9.74. The third-order valence-corrected chi connectivity index (χ3v) is 2.26. The molecular weight excluding hydrogens is 199 g/mol. The molecule has 0 saturated carbocycles. The Morgan fingerprint density at radius 1 is 1.60 bits per heavy atom. The summed E-state index contributed by atoms with van der Waals surface area (Å²) in [6.45, 7) is 1.89. The van der Waals surface area contributed by atoms with Crippen molar-refractivity contribution >= 4 is 5.69 Å². The van der Waals surface area contributed by atoms with E-state index in [1.807, 2.05) is 6.92 Å². The predicted molar refractivity (Wildman–Crippen MR) is 55.0 cm³/mol. The van der Waals surface area contributed by atoms with Gasteiger partial charge in [-0.1, -0.05) is 19.1 Å². The van der Waals surface area contributed by atoms with E-state index in [1.54, 1.807) is 0 Å². The van der Waals surface area contributed by atoms with Crippen LogP contribution < -0.4 is 5.73 Å². The molecule has 0 fully saturated rings. The van der Waals surface area contributed by atoms with Gasteiger partial charge in [-0.15, -0.1) is 0 Å². The predicted octanol–water partition coefficient (Wildman–Crippen LogP) is 2.01. The van der Waals surface area contributed by atoms with Crippen LogP contribution in [-0.2, 0) is 6.42 Å². The normalized spacial score (nSPS) is 12.5. The summed E-state index contributed by atoms with van der Waals surface area (Å²) in [6, 6.07) is 3.98. The Labute approximate surface area is 87.0 Å². The molecule has 1 atom stereocenters. The number of benzene rings is 1. The molecule has 0 aliphatic carbocycles. The molecule has 0 spiro atoms. The Balaban J connectivity index is 2.99. The molecule has 0 saturated heterocycles. The minimum absolute atomic E-state index is 0.165. The van der Waals surface area contributed by atoms with Crippen LogP contribution in [0.4, 0.5) is 10.1 Å². The molecule has 1 rings (SSSR count). The van der Waals surface area contributed by atoms with Crippen molar-refractivity contribution in [3.05, 3.63) is 39.7 Å². The summed E-state index contributed by atoms with van der Waals surface area (Å²) in [5.74, 6) is -0.772. The highest BCUT2D eigenvalue weighted by atomic mass is 19.1. The number of rotatable bonds is 4. The Morgan fingerprint density at radius 2 is 2.27 bits per heavy atom. The second-order valence-corrected chi connectivity index (χ2v) is 3.38. The zero-order valence-corrected chi connectivity index (χ0v) is 8.44. The first-order valence-electron chi connectivity index (χ1n) is 4.73. The number of nitro groups is 1. The molecule has 1 aromatic carbocycles. The molecule has 0 heterocycles. The number of halogens is 1. The third-order valence-electron chi connectivity index (χ3n) is 2.26. The van der Waals surface area contributed by atoms with Crippen LogP contribution in [0, 0.1) is 15.9 Å². The molecule has 0 radical (unpaired) electrons. The SMILES string of the molecule is CCC(N)Cc1cccc([N+](=O)[O-])c1F. The molecule has 4 nitrogen and oxygen atoms in total. The first-order chi connectivity index (χ1) is 7.06. The van der Waals surface area contributed by atoms with Gasteiger partial charge in [-0.25, -0.2) is 0 Å². The van der Waals surface area contributed by atoms with E-state index in [2.05, 4.69) is 0 Å². The topological polar surface area (TPSA) is 69.2 Å². The van der Waals surface area contributed by atoms with E-state index >= 15 is 0 Å².